The number of ether oxygens (including phenoxy) is 2. The number of hydrogen-bond acceptors (Lipinski definition) is 17. The molecule has 0 aliphatic carbocycles. The van der Waals surface area contributed by atoms with E-state index >= 15 is 0 Å². The van der Waals surface area contributed by atoms with E-state index in [2.05, 4.69) is 15.3 Å². The molecule has 4 heterocycles. The number of aromatic nitrogens is 4. The number of nitriles is 1. The molecule has 348 valence electrons. The highest BCUT2D eigenvalue weighted by Crippen LogP contribution is 2.56. The van der Waals surface area contributed by atoms with Gasteiger partial charge in [0.15, 0.2) is 0 Å². The second-order valence-corrected chi connectivity index (χ2v) is 18.5. The molecule has 0 radical (unpaired) electrons. The average molecular weight is 990 g/mol. The maximum Gasteiger partial charge on any atom is 0.530 e. The second kappa shape index (κ2) is 21.4. The lowest BCUT2D eigenvalue weighted by atomic mass is 10.2. The highest BCUT2D eigenvalue weighted by atomic mass is 35.5. The first-order chi connectivity index (χ1) is 31.6. The lowest BCUT2D eigenvalue weighted by Gasteiger charge is -2.27. The summed E-state index contributed by atoms with van der Waals surface area (Å²) in [6, 6.07) is 22.9. The fraction of sp³-hybridized carbons (Fsp3) is 0.317. The van der Waals surface area contributed by atoms with Crippen molar-refractivity contribution in [2.75, 3.05) is 25.1 Å². The third-order valence-electron chi connectivity index (χ3n) is 9.87. The summed E-state index contributed by atoms with van der Waals surface area (Å²) in [5, 5.41) is 22.8. The number of phosphoric acid groups is 2. The van der Waals surface area contributed by atoms with Gasteiger partial charge < -0.3 is 28.9 Å². The SMILES string of the molecule is Cc1cn([C@@H]2C[C@H](O[P@](=O)(OCCC#N)Oc3ccc(Cl)cc3)[C@H](CO[P@](=O)(Oc3ccc(Cl)cc3)O[C@@H]3C[C@H](n4ccc(NC(=O)c5ccccc5)nc4=O)O[C@H]3CO)O2)c(=O)[nH]c1=O. The van der Waals surface area contributed by atoms with Crippen molar-refractivity contribution < 1.29 is 55.6 Å². The first-order valence-electron chi connectivity index (χ1n) is 20.0. The molecule has 3 aromatic carbocycles. The van der Waals surface area contributed by atoms with E-state index in [0.717, 1.165) is 9.13 Å². The first kappa shape index (κ1) is 48.5. The number of phosphoric ester groups is 2. The Hall–Kier alpha value is -5.46. The normalized spacial score (nSPS) is 22.2. The second-order valence-electron chi connectivity index (χ2n) is 14.5. The summed E-state index contributed by atoms with van der Waals surface area (Å²) in [5.74, 6) is -0.551. The quantitative estimate of drug-likeness (QED) is 0.0603. The minimum atomic E-state index is -4.88. The molecule has 0 unspecified atom stereocenters. The number of benzene rings is 3. The Balaban J connectivity index is 1.14. The third kappa shape index (κ3) is 12.3. The van der Waals surface area contributed by atoms with Crippen LogP contribution in [0.2, 0.25) is 10.0 Å². The summed E-state index contributed by atoms with van der Waals surface area (Å²) in [5.41, 5.74) is -1.83. The van der Waals surface area contributed by atoms with Crippen molar-refractivity contribution in [1.29, 1.82) is 5.26 Å². The van der Waals surface area contributed by atoms with Crippen LogP contribution in [0.4, 0.5) is 5.82 Å². The van der Waals surface area contributed by atoms with Gasteiger partial charge in [0.05, 0.1) is 32.3 Å². The molecule has 0 spiro atoms. The highest BCUT2D eigenvalue weighted by molar-refractivity contribution is 7.49. The van der Waals surface area contributed by atoms with Crippen molar-refractivity contribution in [1.82, 2.24) is 19.1 Å². The molecular weight excluding hydrogens is 949 g/mol. The zero-order chi connectivity index (χ0) is 47.0. The third-order valence-corrected chi connectivity index (χ3v) is 13.3. The number of aliphatic hydroxyl groups excluding tert-OH is 1. The topological polar surface area (TPSA) is 271 Å². The highest BCUT2D eigenvalue weighted by Gasteiger charge is 2.48. The number of nitrogens with zero attached hydrogens (tertiary/aromatic N) is 4. The van der Waals surface area contributed by atoms with Gasteiger partial charge in [-0.05, 0) is 73.7 Å². The summed E-state index contributed by atoms with van der Waals surface area (Å²) in [6.07, 6.45) is -5.60. The molecule has 0 saturated carbocycles. The Morgan fingerprint density at radius 3 is 2.03 bits per heavy atom. The molecule has 3 N–H and O–H groups in total. The molecule has 1 amide bonds. The molecule has 21 nitrogen and oxygen atoms in total. The number of aliphatic hydroxyl groups is 1. The Bertz CT molecular complexity index is 2830. The first-order valence-corrected chi connectivity index (χ1v) is 23.6. The van der Waals surface area contributed by atoms with Gasteiger partial charge in [-0.2, -0.15) is 10.2 Å². The number of amides is 1. The average Bonchev–Trinajstić information content (AvgIpc) is 3.88. The predicted octanol–water partition coefficient (Wildman–Crippen LogP) is 6.32. The van der Waals surface area contributed by atoms with Crippen molar-refractivity contribution in [3.8, 4) is 17.6 Å². The van der Waals surface area contributed by atoms with E-state index in [4.69, 9.17) is 59.8 Å². The van der Waals surface area contributed by atoms with Crippen LogP contribution in [-0.2, 0) is 36.7 Å². The Labute approximate surface area is 384 Å². The number of H-pyrrole nitrogens is 1. The van der Waals surface area contributed by atoms with Crippen molar-refractivity contribution >= 4 is 50.6 Å². The van der Waals surface area contributed by atoms with Crippen LogP contribution in [0.15, 0.2) is 112 Å². The molecule has 0 bridgehead atoms. The van der Waals surface area contributed by atoms with Crippen LogP contribution >= 0.6 is 38.8 Å². The van der Waals surface area contributed by atoms with Crippen LogP contribution in [0.5, 0.6) is 11.5 Å². The van der Waals surface area contributed by atoms with Gasteiger partial charge in [0.25, 0.3) is 11.5 Å². The number of aromatic amines is 1. The minimum Gasteiger partial charge on any atom is -0.404 e. The Morgan fingerprint density at radius 1 is 0.864 bits per heavy atom. The molecule has 25 heteroatoms. The van der Waals surface area contributed by atoms with Crippen LogP contribution in [0, 0.1) is 18.3 Å². The number of carbonyl (C=O) groups excluding carboxylic acids is 1. The van der Waals surface area contributed by atoms with Crippen LogP contribution < -0.4 is 31.3 Å². The van der Waals surface area contributed by atoms with Gasteiger partial charge in [-0.1, -0.05) is 41.4 Å². The summed E-state index contributed by atoms with van der Waals surface area (Å²) >= 11 is 12.1. The lowest BCUT2D eigenvalue weighted by molar-refractivity contribution is -0.0567. The zero-order valence-corrected chi connectivity index (χ0v) is 37.8. The molecule has 2 fully saturated rings. The standard InChI is InChI=1S/C41H40Cl2N6O15P2/c1-25-22-49(41(54)47-38(25)51)37-21-32(64-65(55,57-19-5-17-44)61-29-12-8-27(42)9-13-29)34(60-37)24-58-66(56,62-30-14-10-28(43)11-15-30)63-31-20-36(59-33(31)23-50)48-18-16-35(46-40(48)53)45-39(52)26-6-3-2-4-7-26/h2-4,6-16,18,22,31-34,36-37,50H,5,19-21,23-24H2,1H3,(H,47,51,54)(H,45,46,52,53)/t31-,32+,33+,34+,36-,37+,65-,66-/m1/s1. The molecule has 2 saturated heterocycles. The van der Waals surface area contributed by atoms with E-state index in [1.807, 2.05) is 6.07 Å². The number of carbonyl (C=O) groups is 1. The van der Waals surface area contributed by atoms with Crippen LogP contribution in [0.25, 0.3) is 0 Å². The Kier molecular flexibility index (Phi) is 15.8. The van der Waals surface area contributed by atoms with Gasteiger partial charge in [0.2, 0.25) is 0 Å². The summed E-state index contributed by atoms with van der Waals surface area (Å²) in [7, 11) is -9.54. The van der Waals surface area contributed by atoms with E-state index in [9.17, 15) is 38.7 Å². The van der Waals surface area contributed by atoms with Gasteiger partial charge in [0.1, 0.15) is 54.2 Å². The fourth-order valence-corrected chi connectivity index (χ4v) is 9.74. The molecule has 2 aliphatic heterocycles. The lowest BCUT2D eigenvalue weighted by Crippen LogP contribution is -2.33. The molecule has 5 aromatic rings. The van der Waals surface area contributed by atoms with Crippen molar-refractivity contribution in [2.45, 2.75) is 63.1 Å². The number of aryl methyl sites for hydroxylation is 1. The summed E-state index contributed by atoms with van der Waals surface area (Å²) < 4.78 is 78.4. The van der Waals surface area contributed by atoms with Gasteiger partial charge in [0, 0.05) is 46.4 Å². The maximum absolute atomic E-state index is 14.8. The Morgan fingerprint density at radius 2 is 1.44 bits per heavy atom. The smallest absolute Gasteiger partial charge is 0.404 e. The van der Waals surface area contributed by atoms with Crippen LogP contribution in [-0.4, -0.2) is 74.4 Å². The van der Waals surface area contributed by atoms with E-state index in [-0.39, 0.29) is 48.7 Å². The van der Waals surface area contributed by atoms with Crippen molar-refractivity contribution in [3.05, 3.63) is 150 Å². The number of hydrogen-bond donors (Lipinski definition) is 3. The molecule has 66 heavy (non-hydrogen) atoms. The van der Waals surface area contributed by atoms with E-state index < -0.39 is 88.6 Å². The number of halogens is 2. The van der Waals surface area contributed by atoms with Crippen LogP contribution in [0.3, 0.4) is 0 Å². The fourth-order valence-electron chi connectivity index (χ4n) is 6.66. The van der Waals surface area contributed by atoms with E-state index in [0.29, 0.717) is 15.6 Å². The molecule has 2 aromatic heterocycles. The summed E-state index contributed by atoms with van der Waals surface area (Å²) in [6.45, 7) is -0.324. The largest absolute Gasteiger partial charge is 0.530 e. The minimum absolute atomic E-state index is 0.0176. The number of anilines is 1. The van der Waals surface area contributed by atoms with E-state index in [1.54, 1.807) is 30.3 Å². The van der Waals surface area contributed by atoms with Gasteiger partial charge in [-0.25, -0.2) is 18.7 Å². The maximum atomic E-state index is 14.8. The molecule has 2 aliphatic rings. The van der Waals surface area contributed by atoms with Gasteiger partial charge in [-0.15, -0.1) is 0 Å². The van der Waals surface area contributed by atoms with E-state index in [1.165, 1.54) is 73.9 Å². The van der Waals surface area contributed by atoms with Gasteiger partial charge >= 0.3 is 27.0 Å². The predicted molar refractivity (Wildman–Crippen MR) is 234 cm³/mol. The van der Waals surface area contributed by atoms with Crippen molar-refractivity contribution in [2.24, 2.45) is 0 Å². The zero-order valence-electron chi connectivity index (χ0n) is 34.5. The number of rotatable bonds is 19. The monoisotopic (exact) mass is 988 g/mol. The summed E-state index contributed by atoms with van der Waals surface area (Å²) in [4.78, 5) is 57.3. The molecule has 8 atom stereocenters. The van der Waals surface area contributed by atoms with Crippen molar-refractivity contribution in [3.63, 3.8) is 0 Å². The molecule has 7 rings (SSSR count). The molecular formula is C41H40Cl2N6O15P2. The number of nitrogens with one attached hydrogen (secondary N) is 2. The van der Waals surface area contributed by atoms with Gasteiger partial charge in [-0.3, -0.25) is 41.8 Å². The van der Waals surface area contributed by atoms with Crippen LogP contribution in [0.1, 0.15) is 47.6 Å².